The molecule has 0 aliphatic carbocycles. The predicted molar refractivity (Wildman–Crippen MR) is 93.5 cm³/mol. The van der Waals surface area contributed by atoms with Gasteiger partial charge in [-0.15, -0.1) is 11.8 Å². The van der Waals surface area contributed by atoms with Crippen molar-refractivity contribution in [2.45, 2.75) is 11.8 Å². The molecule has 0 spiro atoms. The molecular formula is C18H16N2O3S. The summed E-state index contributed by atoms with van der Waals surface area (Å²) in [5.41, 5.74) is 1.97. The highest BCUT2D eigenvalue weighted by molar-refractivity contribution is 8.00. The van der Waals surface area contributed by atoms with Gasteiger partial charge in [0.25, 0.3) is 0 Å². The van der Waals surface area contributed by atoms with Gasteiger partial charge in [-0.05, 0) is 43.3 Å². The van der Waals surface area contributed by atoms with Crippen molar-refractivity contribution in [1.82, 2.24) is 9.97 Å². The maximum absolute atomic E-state index is 11.2. The molecule has 1 heterocycles. The van der Waals surface area contributed by atoms with E-state index in [4.69, 9.17) is 4.74 Å². The third kappa shape index (κ3) is 3.83. The van der Waals surface area contributed by atoms with Gasteiger partial charge in [0, 0.05) is 4.90 Å². The SMILES string of the molecule is COC(=O)CSc1ccc(Oc2ncnc3ccc(C)cc23)cc1. The zero-order valence-corrected chi connectivity index (χ0v) is 14.2. The molecule has 5 nitrogen and oxygen atoms in total. The van der Waals surface area contributed by atoms with Crippen LogP contribution < -0.4 is 4.74 Å². The van der Waals surface area contributed by atoms with Crippen molar-refractivity contribution in [2.24, 2.45) is 0 Å². The average Bonchev–Trinajstić information content (AvgIpc) is 2.61. The number of carbonyl (C=O) groups is 1. The highest BCUT2D eigenvalue weighted by Gasteiger charge is 2.07. The van der Waals surface area contributed by atoms with Gasteiger partial charge in [-0.2, -0.15) is 0 Å². The molecular weight excluding hydrogens is 324 g/mol. The first kappa shape index (κ1) is 16.3. The van der Waals surface area contributed by atoms with E-state index in [1.807, 2.05) is 49.4 Å². The van der Waals surface area contributed by atoms with Crippen LogP contribution in [0.5, 0.6) is 11.6 Å². The number of ether oxygens (including phenoxy) is 2. The monoisotopic (exact) mass is 340 g/mol. The van der Waals surface area contributed by atoms with Crippen LogP contribution in [0.4, 0.5) is 0 Å². The molecule has 6 heteroatoms. The number of fused-ring (bicyclic) bond motifs is 1. The van der Waals surface area contributed by atoms with E-state index in [0.717, 1.165) is 21.4 Å². The number of carbonyl (C=O) groups excluding carboxylic acids is 1. The molecule has 0 unspecified atom stereocenters. The van der Waals surface area contributed by atoms with Gasteiger partial charge in [0.2, 0.25) is 5.88 Å². The van der Waals surface area contributed by atoms with Crippen LogP contribution in [-0.2, 0) is 9.53 Å². The number of thioether (sulfide) groups is 1. The smallest absolute Gasteiger partial charge is 0.315 e. The third-order valence-electron chi connectivity index (χ3n) is 3.38. The first-order chi connectivity index (χ1) is 11.7. The quantitative estimate of drug-likeness (QED) is 0.517. The fraction of sp³-hybridized carbons (Fsp3) is 0.167. The number of hydrogen-bond acceptors (Lipinski definition) is 6. The minimum atomic E-state index is -0.247. The van der Waals surface area contributed by atoms with Crippen LogP contribution in [0.3, 0.4) is 0 Å². The van der Waals surface area contributed by atoms with E-state index < -0.39 is 0 Å². The van der Waals surface area contributed by atoms with Crippen LogP contribution in [0.15, 0.2) is 53.7 Å². The van der Waals surface area contributed by atoms with Crippen molar-refractivity contribution < 1.29 is 14.3 Å². The fourth-order valence-corrected chi connectivity index (χ4v) is 2.88. The number of aromatic nitrogens is 2. The summed E-state index contributed by atoms with van der Waals surface area (Å²) in [7, 11) is 1.38. The van der Waals surface area contributed by atoms with Crippen LogP contribution in [0, 0.1) is 6.92 Å². The van der Waals surface area contributed by atoms with Crippen LogP contribution in [0.25, 0.3) is 10.9 Å². The summed E-state index contributed by atoms with van der Waals surface area (Å²) >= 11 is 1.42. The molecule has 0 bridgehead atoms. The van der Waals surface area contributed by atoms with Crippen molar-refractivity contribution in [1.29, 1.82) is 0 Å². The van der Waals surface area contributed by atoms with E-state index in [1.165, 1.54) is 25.2 Å². The average molecular weight is 340 g/mol. The number of benzene rings is 2. The van der Waals surface area contributed by atoms with Crippen molar-refractivity contribution in [3.05, 3.63) is 54.4 Å². The number of rotatable bonds is 5. The van der Waals surface area contributed by atoms with E-state index in [2.05, 4.69) is 14.7 Å². The molecule has 0 saturated heterocycles. The van der Waals surface area contributed by atoms with Crippen molar-refractivity contribution in [3.63, 3.8) is 0 Å². The van der Waals surface area contributed by atoms with Crippen LogP contribution in [0.2, 0.25) is 0 Å². The summed E-state index contributed by atoms with van der Waals surface area (Å²) in [6.45, 7) is 2.02. The van der Waals surface area contributed by atoms with E-state index in [9.17, 15) is 4.79 Å². The molecule has 0 aliphatic heterocycles. The second kappa shape index (κ2) is 7.31. The van der Waals surface area contributed by atoms with Crippen molar-refractivity contribution in [3.8, 4) is 11.6 Å². The standard InChI is InChI=1S/C18H16N2O3S/c1-12-3-8-16-15(9-12)18(20-11-19-16)23-13-4-6-14(7-5-13)24-10-17(21)22-2/h3-9,11H,10H2,1-2H3. The first-order valence-corrected chi connectivity index (χ1v) is 8.33. The highest BCUT2D eigenvalue weighted by atomic mass is 32.2. The van der Waals surface area contributed by atoms with Crippen LogP contribution >= 0.6 is 11.8 Å². The summed E-state index contributed by atoms with van der Waals surface area (Å²) in [5.74, 6) is 1.24. The van der Waals surface area contributed by atoms with Gasteiger partial charge >= 0.3 is 5.97 Å². The lowest BCUT2D eigenvalue weighted by Gasteiger charge is -2.08. The van der Waals surface area contributed by atoms with Crippen molar-refractivity contribution >= 4 is 28.6 Å². The normalized spacial score (nSPS) is 10.6. The lowest BCUT2D eigenvalue weighted by atomic mass is 10.2. The van der Waals surface area contributed by atoms with Crippen LogP contribution in [-0.4, -0.2) is 28.8 Å². The minimum Gasteiger partial charge on any atom is -0.468 e. The molecule has 0 atom stereocenters. The molecule has 0 fully saturated rings. The van der Waals surface area contributed by atoms with Gasteiger partial charge < -0.3 is 9.47 Å². The summed E-state index contributed by atoms with van der Waals surface area (Å²) in [5, 5.41) is 0.877. The molecule has 122 valence electrons. The molecule has 0 N–H and O–H groups in total. The van der Waals surface area contributed by atoms with Gasteiger partial charge in [-0.1, -0.05) is 11.6 Å². The molecule has 1 aromatic heterocycles. The Balaban J connectivity index is 1.77. The Labute approximate surface area is 144 Å². The van der Waals surface area contributed by atoms with E-state index >= 15 is 0 Å². The maximum Gasteiger partial charge on any atom is 0.315 e. The lowest BCUT2D eigenvalue weighted by molar-refractivity contribution is -0.137. The molecule has 24 heavy (non-hydrogen) atoms. The van der Waals surface area contributed by atoms with Crippen molar-refractivity contribution in [2.75, 3.05) is 12.9 Å². The Morgan fingerprint density at radius 1 is 1.12 bits per heavy atom. The number of nitrogens with zero attached hydrogens (tertiary/aromatic N) is 2. The summed E-state index contributed by atoms with van der Waals surface area (Å²) in [6, 6.07) is 13.5. The molecule has 0 aliphatic rings. The second-order valence-corrected chi connectivity index (χ2v) is 6.19. The van der Waals surface area contributed by atoms with Gasteiger partial charge in [0.15, 0.2) is 0 Å². The molecule has 3 rings (SSSR count). The fourth-order valence-electron chi connectivity index (χ4n) is 2.14. The van der Waals surface area contributed by atoms with E-state index in [0.29, 0.717) is 11.6 Å². The summed E-state index contributed by atoms with van der Waals surface area (Å²) in [6.07, 6.45) is 1.49. The Kier molecular flexibility index (Phi) is 4.96. The molecule has 3 aromatic rings. The van der Waals surface area contributed by atoms with Crippen LogP contribution in [0.1, 0.15) is 5.56 Å². The van der Waals surface area contributed by atoms with Gasteiger partial charge in [-0.25, -0.2) is 9.97 Å². The minimum absolute atomic E-state index is 0.247. The summed E-state index contributed by atoms with van der Waals surface area (Å²) < 4.78 is 10.5. The Morgan fingerprint density at radius 2 is 1.92 bits per heavy atom. The topological polar surface area (TPSA) is 61.3 Å². The summed E-state index contributed by atoms with van der Waals surface area (Å²) in [4.78, 5) is 20.6. The third-order valence-corrected chi connectivity index (χ3v) is 4.36. The Morgan fingerprint density at radius 3 is 2.67 bits per heavy atom. The molecule has 0 saturated carbocycles. The van der Waals surface area contributed by atoms with Gasteiger partial charge in [-0.3, -0.25) is 4.79 Å². The van der Waals surface area contributed by atoms with E-state index in [-0.39, 0.29) is 11.7 Å². The maximum atomic E-state index is 11.2. The number of aryl methyl sites for hydroxylation is 1. The number of hydrogen-bond donors (Lipinski definition) is 0. The molecule has 0 amide bonds. The predicted octanol–water partition coefficient (Wildman–Crippen LogP) is 4.00. The number of esters is 1. The molecule has 0 radical (unpaired) electrons. The lowest BCUT2D eigenvalue weighted by Crippen LogP contribution is -2.02. The zero-order chi connectivity index (χ0) is 16.9. The second-order valence-electron chi connectivity index (χ2n) is 5.14. The number of methoxy groups -OCH3 is 1. The zero-order valence-electron chi connectivity index (χ0n) is 13.4. The van der Waals surface area contributed by atoms with E-state index in [1.54, 1.807) is 0 Å². The van der Waals surface area contributed by atoms with Gasteiger partial charge in [0.1, 0.15) is 12.1 Å². The Bertz CT molecular complexity index is 866. The largest absolute Gasteiger partial charge is 0.468 e. The highest BCUT2D eigenvalue weighted by Crippen LogP contribution is 2.28. The molecule has 2 aromatic carbocycles. The van der Waals surface area contributed by atoms with Gasteiger partial charge in [0.05, 0.1) is 23.8 Å². The first-order valence-electron chi connectivity index (χ1n) is 7.34. The Hall–Kier alpha value is -2.60.